The standard InChI is InChI=1S/C19H23NO.C12H17FN2.C3H9N.C2H2/c1-3-20(4-2)19(21)18-13-11-17(12-14-18)15-16-9-7-5-6-8-10-16;1-10-8-15(6-5-14-10)9-11-3-2-4-12(13)7-11;1-4(2)3;1-2/h5,7-14H,3-4,6,15H2,1-2H3;2-4,7,10,14H,5-6,8-9H2,1H3;1-3H3;1-2H/t;10-;;/m.0../s1. The number of carbonyl (C=O) groups excluding carboxylic acids is 1. The van der Waals surface area contributed by atoms with Gasteiger partial charge in [0.05, 0.1) is 0 Å². The predicted octanol–water partition coefficient (Wildman–Crippen LogP) is 6.20. The third-order valence-electron chi connectivity index (χ3n) is 6.46. The summed E-state index contributed by atoms with van der Waals surface area (Å²) >= 11 is 0. The van der Waals surface area contributed by atoms with Crippen molar-refractivity contribution in [2.45, 2.75) is 46.2 Å². The SMILES string of the molecule is C#C.CCN(CC)C(=O)c1ccc(CC2=CC=CCC=C2)cc1.CN(C)C.C[C@H]1CN(Cc2cccc(F)c2)CCN1. The maximum Gasteiger partial charge on any atom is 0.253 e. The van der Waals surface area contributed by atoms with Crippen molar-refractivity contribution in [3.8, 4) is 12.8 Å². The molecule has 228 valence electrons. The Morgan fingerprint density at radius 3 is 2.29 bits per heavy atom. The van der Waals surface area contributed by atoms with E-state index in [9.17, 15) is 9.18 Å². The van der Waals surface area contributed by atoms with Crippen LogP contribution >= 0.6 is 0 Å². The molecule has 4 rings (SSSR count). The van der Waals surface area contributed by atoms with Gasteiger partial charge >= 0.3 is 0 Å². The highest BCUT2D eigenvalue weighted by Gasteiger charge is 2.15. The van der Waals surface area contributed by atoms with Crippen molar-refractivity contribution in [3.05, 3.63) is 107 Å². The Kier molecular flexibility index (Phi) is 18.5. The molecule has 2 aromatic carbocycles. The van der Waals surface area contributed by atoms with Gasteiger partial charge in [0, 0.05) is 50.9 Å². The molecule has 2 aromatic rings. The van der Waals surface area contributed by atoms with E-state index in [1.807, 2.05) is 63.0 Å². The zero-order chi connectivity index (χ0) is 31.3. The van der Waals surface area contributed by atoms with E-state index in [0.29, 0.717) is 6.04 Å². The fourth-order valence-electron chi connectivity index (χ4n) is 4.49. The molecule has 1 N–H and O–H groups in total. The average Bonchev–Trinajstić information content (AvgIpc) is 3.24. The number of nitrogens with zero attached hydrogens (tertiary/aromatic N) is 3. The Morgan fingerprint density at radius 1 is 1.02 bits per heavy atom. The molecule has 0 spiro atoms. The normalized spacial score (nSPS) is 16.0. The number of hydrogen-bond acceptors (Lipinski definition) is 4. The van der Waals surface area contributed by atoms with Crippen LogP contribution in [0.15, 0.2) is 84.5 Å². The number of amides is 1. The molecule has 1 aliphatic carbocycles. The molecule has 1 saturated heterocycles. The first-order valence-electron chi connectivity index (χ1n) is 14.8. The van der Waals surface area contributed by atoms with Crippen LogP contribution < -0.4 is 5.32 Å². The van der Waals surface area contributed by atoms with Crippen LogP contribution in [0.25, 0.3) is 0 Å². The highest BCUT2D eigenvalue weighted by molar-refractivity contribution is 5.94. The molecule has 5 nitrogen and oxygen atoms in total. The van der Waals surface area contributed by atoms with Crippen molar-refractivity contribution >= 4 is 5.91 Å². The number of terminal acetylenes is 1. The van der Waals surface area contributed by atoms with Gasteiger partial charge in [0.15, 0.2) is 0 Å². The van der Waals surface area contributed by atoms with Gasteiger partial charge < -0.3 is 15.1 Å². The van der Waals surface area contributed by atoms with Crippen molar-refractivity contribution in [2.24, 2.45) is 0 Å². The second-order valence-corrected chi connectivity index (χ2v) is 10.7. The van der Waals surface area contributed by atoms with Gasteiger partial charge in [0.2, 0.25) is 0 Å². The highest BCUT2D eigenvalue weighted by Crippen LogP contribution is 2.15. The lowest BCUT2D eigenvalue weighted by Gasteiger charge is -2.31. The molecule has 1 heterocycles. The molecular weight excluding hydrogens is 523 g/mol. The number of rotatable bonds is 7. The van der Waals surface area contributed by atoms with Crippen LogP contribution in [-0.4, -0.2) is 80.5 Å². The smallest absolute Gasteiger partial charge is 0.253 e. The molecule has 1 aliphatic heterocycles. The Morgan fingerprint density at radius 2 is 1.69 bits per heavy atom. The van der Waals surface area contributed by atoms with Gasteiger partial charge in [-0.15, -0.1) is 12.8 Å². The second kappa shape index (κ2) is 21.2. The summed E-state index contributed by atoms with van der Waals surface area (Å²) in [6.45, 7) is 11.7. The molecule has 0 bridgehead atoms. The third-order valence-corrected chi connectivity index (χ3v) is 6.46. The molecule has 0 saturated carbocycles. The topological polar surface area (TPSA) is 38.8 Å². The molecule has 0 radical (unpaired) electrons. The summed E-state index contributed by atoms with van der Waals surface area (Å²) in [6.07, 6.45) is 20.7. The first-order valence-corrected chi connectivity index (χ1v) is 14.8. The lowest BCUT2D eigenvalue weighted by atomic mass is 10.0. The minimum absolute atomic E-state index is 0.114. The minimum atomic E-state index is -0.143. The summed E-state index contributed by atoms with van der Waals surface area (Å²) in [6, 6.07) is 15.4. The van der Waals surface area contributed by atoms with Crippen molar-refractivity contribution < 1.29 is 9.18 Å². The van der Waals surface area contributed by atoms with E-state index < -0.39 is 0 Å². The first kappa shape index (κ1) is 36.5. The summed E-state index contributed by atoms with van der Waals surface area (Å²) in [7, 11) is 6.00. The molecule has 0 aromatic heterocycles. The molecule has 1 amide bonds. The number of benzene rings is 2. The molecule has 1 atom stereocenters. The summed E-state index contributed by atoms with van der Waals surface area (Å²) in [5.74, 6) is -0.0289. The molecule has 6 heteroatoms. The van der Waals surface area contributed by atoms with Crippen LogP contribution in [0.4, 0.5) is 4.39 Å². The number of hydrogen-bond donors (Lipinski definition) is 1. The van der Waals surface area contributed by atoms with E-state index in [0.717, 1.165) is 63.2 Å². The van der Waals surface area contributed by atoms with Crippen molar-refractivity contribution in [1.82, 2.24) is 20.0 Å². The lowest BCUT2D eigenvalue weighted by molar-refractivity contribution is 0.0773. The average molecular weight is 575 g/mol. The van der Waals surface area contributed by atoms with Crippen molar-refractivity contribution in [3.63, 3.8) is 0 Å². The first-order chi connectivity index (χ1) is 20.2. The fraction of sp³-hybridized carbons (Fsp3) is 0.417. The second-order valence-electron chi connectivity index (χ2n) is 10.7. The van der Waals surface area contributed by atoms with Crippen molar-refractivity contribution in [2.75, 3.05) is 53.9 Å². The van der Waals surface area contributed by atoms with Crippen LogP contribution in [0.3, 0.4) is 0 Å². The van der Waals surface area contributed by atoms with Gasteiger partial charge in [-0.25, -0.2) is 4.39 Å². The van der Waals surface area contributed by atoms with Crippen molar-refractivity contribution in [1.29, 1.82) is 0 Å². The van der Waals surface area contributed by atoms with E-state index in [-0.39, 0.29) is 11.7 Å². The number of nitrogens with one attached hydrogen (secondary N) is 1. The van der Waals surface area contributed by atoms with Crippen LogP contribution in [0, 0.1) is 18.7 Å². The lowest BCUT2D eigenvalue weighted by Crippen LogP contribution is -2.48. The molecule has 42 heavy (non-hydrogen) atoms. The molecule has 0 unspecified atom stereocenters. The zero-order valence-electron chi connectivity index (χ0n) is 26.5. The third kappa shape index (κ3) is 14.9. The Hall–Kier alpha value is -3.50. The fourth-order valence-corrected chi connectivity index (χ4v) is 4.49. The van der Waals surface area contributed by atoms with Gasteiger partial charge in [-0.05, 0) is 95.7 Å². The number of allylic oxidation sites excluding steroid dienone is 6. The molecular formula is C36H51FN4O. The summed E-state index contributed by atoms with van der Waals surface area (Å²) in [4.78, 5) is 18.4. The Balaban J connectivity index is 0.000000366. The molecule has 2 aliphatic rings. The van der Waals surface area contributed by atoms with Crippen LogP contribution in [0.5, 0.6) is 0 Å². The summed E-state index contributed by atoms with van der Waals surface area (Å²) < 4.78 is 13.0. The van der Waals surface area contributed by atoms with E-state index in [1.54, 1.807) is 12.1 Å². The predicted molar refractivity (Wildman–Crippen MR) is 177 cm³/mol. The minimum Gasteiger partial charge on any atom is -0.339 e. The van der Waals surface area contributed by atoms with E-state index in [1.165, 1.54) is 17.2 Å². The number of halogens is 1. The maximum absolute atomic E-state index is 13.0. The number of piperazine rings is 1. The summed E-state index contributed by atoms with van der Waals surface area (Å²) in [5.41, 5.74) is 4.36. The van der Waals surface area contributed by atoms with Crippen LogP contribution in [-0.2, 0) is 13.0 Å². The zero-order valence-corrected chi connectivity index (χ0v) is 26.5. The summed E-state index contributed by atoms with van der Waals surface area (Å²) in [5, 5.41) is 3.39. The Labute approximate surface area is 254 Å². The Bertz CT molecular complexity index is 1140. The van der Waals surface area contributed by atoms with Gasteiger partial charge in [-0.3, -0.25) is 9.69 Å². The maximum atomic E-state index is 13.0. The largest absolute Gasteiger partial charge is 0.339 e. The quantitative estimate of drug-likeness (QED) is 0.400. The van der Waals surface area contributed by atoms with Gasteiger partial charge in [0.25, 0.3) is 5.91 Å². The van der Waals surface area contributed by atoms with E-state index >= 15 is 0 Å². The van der Waals surface area contributed by atoms with Gasteiger partial charge in [0.1, 0.15) is 5.82 Å². The monoisotopic (exact) mass is 574 g/mol. The highest BCUT2D eigenvalue weighted by atomic mass is 19.1. The van der Waals surface area contributed by atoms with Gasteiger partial charge in [-0.1, -0.05) is 54.6 Å². The molecule has 1 fully saturated rings. The van der Waals surface area contributed by atoms with Crippen LogP contribution in [0.1, 0.15) is 48.7 Å². The van der Waals surface area contributed by atoms with E-state index in [2.05, 4.69) is 72.5 Å². The number of carbonyl (C=O) groups is 1. The van der Waals surface area contributed by atoms with Gasteiger partial charge in [-0.2, -0.15) is 0 Å². The van der Waals surface area contributed by atoms with E-state index in [4.69, 9.17) is 0 Å². The van der Waals surface area contributed by atoms with Crippen LogP contribution in [0.2, 0.25) is 0 Å².